The van der Waals surface area contributed by atoms with Crippen molar-refractivity contribution in [3.8, 4) is 0 Å². The van der Waals surface area contributed by atoms with Gasteiger partial charge in [-0.3, -0.25) is 4.79 Å². The third-order valence-electron chi connectivity index (χ3n) is 4.75. The molecule has 1 saturated heterocycles. The zero-order valence-corrected chi connectivity index (χ0v) is 14.2. The first-order chi connectivity index (χ1) is 9.79. The van der Waals surface area contributed by atoms with E-state index in [0.717, 1.165) is 45.2 Å². The van der Waals surface area contributed by atoms with Crippen molar-refractivity contribution in [2.45, 2.75) is 63.3 Å². The molecule has 0 radical (unpaired) electrons. The Kier molecular flexibility index (Phi) is 5.30. The Morgan fingerprint density at radius 2 is 1.76 bits per heavy atom. The van der Waals surface area contributed by atoms with Crippen molar-refractivity contribution in [3.63, 3.8) is 0 Å². The van der Waals surface area contributed by atoms with Gasteiger partial charge in [0.2, 0.25) is 5.91 Å². The van der Waals surface area contributed by atoms with Crippen LogP contribution in [0.5, 0.6) is 0 Å². The number of hydrogen-bond acceptors (Lipinski definition) is 4. The van der Waals surface area contributed by atoms with Crippen molar-refractivity contribution >= 4 is 15.7 Å². The molecule has 5 nitrogen and oxygen atoms in total. The van der Waals surface area contributed by atoms with Crippen LogP contribution in [0, 0.1) is 5.92 Å². The highest BCUT2D eigenvalue weighted by Gasteiger charge is 2.36. The average molecular weight is 316 g/mol. The second-order valence-corrected chi connectivity index (χ2v) is 9.09. The molecule has 1 heterocycles. The molecule has 1 N–H and O–H groups in total. The number of nitrogens with one attached hydrogen (secondary N) is 1. The van der Waals surface area contributed by atoms with Gasteiger partial charge in [0.1, 0.15) is 0 Å². The summed E-state index contributed by atoms with van der Waals surface area (Å²) >= 11 is 0. The molecule has 21 heavy (non-hydrogen) atoms. The first-order valence-electron chi connectivity index (χ1n) is 8.02. The highest BCUT2D eigenvalue weighted by molar-refractivity contribution is 7.91. The summed E-state index contributed by atoms with van der Waals surface area (Å²) in [5.74, 6) is 0.280. The van der Waals surface area contributed by atoms with Crippen molar-refractivity contribution in [2.24, 2.45) is 5.92 Å². The molecule has 1 saturated carbocycles. The van der Waals surface area contributed by atoms with Gasteiger partial charge in [-0.15, -0.1) is 0 Å². The molecule has 0 spiro atoms. The van der Waals surface area contributed by atoms with E-state index < -0.39 is 9.84 Å². The topological polar surface area (TPSA) is 66.5 Å². The number of sulfone groups is 1. The first kappa shape index (κ1) is 16.7. The minimum absolute atomic E-state index is 0.0546. The van der Waals surface area contributed by atoms with E-state index in [1.54, 1.807) is 0 Å². The van der Waals surface area contributed by atoms with Gasteiger partial charge in [0.05, 0.1) is 5.25 Å². The Hall–Kier alpha value is -0.620. The molecule has 0 aromatic heterocycles. The molecule has 2 fully saturated rings. The van der Waals surface area contributed by atoms with Crippen LogP contribution in [0.4, 0.5) is 0 Å². The summed E-state index contributed by atoms with van der Waals surface area (Å²) in [6, 6.07) is 0.436. The van der Waals surface area contributed by atoms with E-state index in [9.17, 15) is 13.2 Å². The molecule has 1 aliphatic heterocycles. The van der Waals surface area contributed by atoms with Gasteiger partial charge in [-0.1, -0.05) is 20.3 Å². The number of piperidine rings is 1. The van der Waals surface area contributed by atoms with Gasteiger partial charge in [-0.05, 0) is 25.7 Å². The number of nitrogens with zero attached hydrogens (tertiary/aromatic N) is 1. The molecule has 2 rings (SSSR count). The fourth-order valence-electron chi connectivity index (χ4n) is 3.56. The van der Waals surface area contributed by atoms with Gasteiger partial charge in [-0.2, -0.15) is 0 Å². The van der Waals surface area contributed by atoms with Gasteiger partial charge in [0, 0.05) is 37.3 Å². The predicted octanol–water partition coefficient (Wildman–Crippen LogP) is 1.19. The molecule has 1 amide bonds. The lowest BCUT2D eigenvalue weighted by Crippen LogP contribution is -2.51. The summed E-state index contributed by atoms with van der Waals surface area (Å²) in [6.07, 6.45) is 5.91. The van der Waals surface area contributed by atoms with E-state index in [1.807, 2.05) is 18.7 Å². The van der Waals surface area contributed by atoms with E-state index >= 15 is 0 Å². The Labute approximate surface area is 128 Å². The van der Waals surface area contributed by atoms with Crippen LogP contribution in [0.1, 0.15) is 46.0 Å². The summed E-state index contributed by atoms with van der Waals surface area (Å²) in [4.78, 5) is 13.9. The normalized spacial score (nSPS) is 28.3. The maximum atomic E-state index is 12.0. The molecule has 0 aromatic rings. The summed E-state index contributed by atoms with van der Waals surface area (Å²) in [5.41, 5.74) is 0. The molecule has 2 unspecified atom stereocenters. The first-order valence-corrected chi connectivity index (χ1v) is 9.98. The highest BCUT2D eigenvalue weighted by Crippen LogP contribution is 2.26. The number of carbonyl (C=O) groups excluding carboxylic acids is 1. The van der Waals surface area contributed by atoms with E-state index in [-0.39, 0.29) is 23.1 Å². The number of likely N-dealkylation sites (tertiary alicyclic amines) is 1. The third kappa shape index (κ3) is 4.19. The van der Waals surface area contributed by atoms with Crippen molar-refractivity contribution in [1.29, 1.82) is 0 Å². The van der Waals surface area contributed by atoms with Crippen LogP contribution >= 0.6 is 0 Å². The molecule has 6 heteroatoms. The van der Waals surface area contributed by atoms with Crippen LogP contribution < -0.4 is 5.32 Å². The van der Waals surface area contributed by atoms with Crippen LogP contribution in [0.2, 0.25) is 0 Å². The Morgan fingerprint density at radius 3 is 2.29 bits per heavy atom. The van der Waals surface area contributed by atoms with Crippen molar-refractivity contribution in [3.05, 3.63) is 0 Å². The zero-order chi connectivity index (χ0) is 15.6. The van der Waals surface area contributed by atoms with Crippen LogP contribution in [-0.2, 0) is 14.6 Å². The number of hydrogen-bond donors (Lipinski definition) is 1. The van der Waals surface area contributed by atoms with Crippen LogP contribution in [0.25, 0.3) is 0 Å². The predicted molar refractivity (Wildman–Crippen MR) is 83.8 cm³/mol. The standard InChI is InChI=1S/C15H28N2O3S/c1-11(2)15(18)17-9-7-12(8-10-17)16-13-5-4-6-14(13)21(3,19)20/h11-14,16H,4-10H2,1-3H3. The quantitative estimate of drug-likeness (QED) is 0.846. The minimum Gasteiger partial charge on any atom is -0.342 e. The van der Waals surface area contributed by atoms with Gasteiger partial charge >= 0.3 is 0 Å². The average Bonchev–Trinajstić information content (AvgIpc) is 2.87. The van der Waals surface area contributed by atoms with Gasteiger partial charge in [-0.25, -0.2) is 8.42 Å². The molecular formula is C15H28N2O3S. The van der Waals surface area contributed by atoms with Crippen molar-refractivity contribution in [1.82, 2.24) is 10.2 Å². The lowest BCUT2D eigenvalue weighted by molar-refractivity contribution is -0.135. The Bertz CT molecular complexity index is 467. The summed E-state index contributed by atoms with van der Waals surface area (Å²) < 4.78 is 23.6. The maximum Gasteiger partial charge on any atom is 0.225 e. The molecule has 122 valence electrons. The number of carbonyl (C=O) groups is 1. The minimum atomic E-state index is -2.96. The Balaban J connectivity index is 1.85. The highest BCUT2D eigenvalue weighted by atomic mass is 32.2. The van der Waals surface area contributed by atoms with Gasteiger partial charge < -0.3 is 10.2 Å². The summed E-state index contributed by atoms with van der Waals surface area (Å²) in [6.45, 7) is 5.43. The lowest BCUT2D eigenvalue weighted by atomic mass is 10.0. The van der Waals surface area contributed by atoms with Crippen LogP contribution in [-0.4, -0.2) is 55.9 Å². The second-order valence-electron chi connectivity index (χ2n) is 6.83. The molecule has 0 aromatic carbocycles. The Morgan fingerprint density at radius 1 is 1.14 bits per heavy atom. The smallest absolute Gasteiger partial charge is 0.225 e. The zero-order valence-electron chi connectivity index (χ0n) is 13.3. The molecule has 2 aliphatic rings. The largest absolute Gasteiger partial charge is 0.342 e. The van der Waals surface area contributed by atoms with Crippen molar-refractivity contribution in [2.75, 3.05) is 19.3 Å². The van der Waals surface area contributed by atoms with Gasteiger partial charge in [0.25, 0.3) is 0 Å². The summed E-state index contributed by atoms with van der Waals surface area (Å²) in [5, 5.41) is 3.32. The SMILES string of the molecule is CC(C)C(=O)N1CCC(NC2CCCC2S(C)(=O)=O)CC1. The van der Waals surface area contributed by atoms with Gasteiger partial charge in [0.15, 0.2) is 9.84 Å². The fourth-order valence-corrected chi connectivity index (χ4v) is 4.97. The molecule has 2 atom stereocenters. The van der Waals surface area contributed by atoms with E-state index in [2.05, 4.69) is 5.32 Å². The molecular weight excluding hydrogens is 288 g/mol. The lowest BCUT2D eigenvalue weighted by Gasteiger charge is -2.35. The van der Waals surface area contributed by atoms with E-state index in [4.69, 9.17) is 0 Å². The third-order valence-corrected chi connectivity index (χ3v) is 6.42. The van der Waals surface area contributed by atoms with Crippen molar-refractivity contribution < 1.29 is 13.2 Å². The van der Waals surface area contributed by atoms with E-state index in [0.29, 0.717) is 6.04 Å². The molecule has 1 aliphatic carbocycles. The number of rotatable bonds is 4. The second kappa shape index (κ2) is 6.65. The number of amides is 1. The maximum absolute atomic E-state index is 12.0. The van der Waals surface area contributed by atoms with Crippen LogP contribution in [0.3, 0.4) is 0 Å². The summed E-state index contributed by atoms with van der Waals surface area (Å²) in [7, 11) is -2.96. The van der Waals surface area contributed by atoms with E-state index in [1.165, 1.54) is 6.26 Å². The monoisotopic (exact) mass is 316 g/mol. The molecule has 0 bridgehead atoms. The van der Waals surface area contributed by atoms with Crippen LogP contribution in [0.15, 0.2) is 0 Å². The fraction of sp³-hybridized carbons (Fsp3) is 0.933.